The minimum Gasteiger partial charge on any atom is -0.494 e. The van der Waals surface area contributed by atoms with Gasteiger partial charge in [-0.25, -0.2) is 0 Å². The second-order valence-electron chi connectivity index (χ2n) is 5.26. The Hall–Kier alpha value is -3.06. The van der Waals surface area contributed by atoms with E-state index >= 15 is 0 Å². The Morgan fingerprint density at radius 1 is 1.17 bits per heavy atom. The predicted molar refractivity (Wildman–Crippen MR) is 92.1 cm³/mol. The Morgan fingerprint density at radius 3 is 2.65 bits per heavy atom. The second-order valence-corrected chi connectivity index (χ2v) is 5.26. The third-order valence-corrected chi connectivity index (χ3v) is 3.59. The smallest absolute Gasteiger partial charge is 0.120 e. The van der Waals surface area contributed by atoms with Gasteiger partial charge in [0.1, 0.15) is 11.8 Å². The molecule has 0 bridgehead atoms. The highest BCUT2D eigenvalue weighted by Gasteiger charge is 2.10. The lowest BCUT2D eigenvalue weighted by Crippen LogP contribution is -1.98. The maximum absolute atomic E-state index is 9.41. The average molecular weight is 303 g/mol. The van der Waals surface area contributed by atoms with Crippen LogP contribution in [0.25, 0.3) is 10.9 Å². The highest BCUT2D eigenvalue weighted by Crippen LogP contribution is 2.31. The van der Waals surface area contributed by atoms with Crippen LogP contribution in [0.15, 0.2) is 48.7 Å². The second kappa shape index (κ2) is 6.37. The zero-order valence-electron chi connectivity index (χ0n) is 13.1. The molecule has 0 amide bonds. The Bertz CT molecular complexity index is 879. The summed E-state index contributed by atoms with van der Waals surface area (Å²) >= 11 is 0. The fourth-order valence-corrected chi connectivity index (χ4v) is 2.43. The fraction of sp³-hybridized carbons (Fsp3) is 0.158. The first-order valence-corrected chi connectivity index (χ1v) is 7.50. The third kappa shape index (κ3) is 3.09. The number of aryl methyl sites for hydroxylation is 1. The predicted octanol–water partition coefficient (Wildman–Crippen LogP) is 4.56. The number of hydrogen-bond donors (Lipinski definition) is 1. The summed E-state index contributed by atoms with van der Waals surface area (Å²) in [4.78, 5) is 4.35. The molecule has 1 N–H and O–H groups in total. The monoisotopic (exact) mass is 303 g/mol. The van der Waals surface area contributed by atoms with Gasteiger partial charge in [0.2, 0.25) is 0 Å². The summed E-state index contributed by atoms with van der Waals surface area (Å²) in [5.41, 5.74) is 4.20. The minimum atomic E-state index is 0.506. The number of rotatable bonds is 4. The quantitative estimate of drug-likeness (QED) is 0.767. The Kier molecular flexibility index (Phi) is 4.11. The molecule has 1 aromatic heterocycles. The van der Waals surface area contributed by atoms with Crippen molar-refractivity contribution in [3.05, 3.63) is 59.8 Å². The molecule has 0 aliphatic rings. The molecule has 0 fully saturated rings. The number of benzene rings is 2. The third-order valence-electron chi connectivity index (χ3n) is 3.59. The maximum atomic E-state index is 9.41. The number of fused-ring (bicyclic) bond motifs is 1. The van der Waals surface area contributed by atoms with Crippen LogP contribution in [0, 0.1) is 18.3 Å². The van der Waals surface area contributed by atoms with E-state index in [1.54, 1.807) is 6.20 Å². The van der Waals surface area contributed by atoms with Gasteiger partial charge in [0.25, 0.3) is 0 Å². The number of ether oxygens (including phenoxy) is 1. The normalized spacial score (nSPS) is 10.3. The summed E-state index contributed by atoms with van der Waals surface area (Å²) in [6, 6.07) is 16.0. The molecule has 1 heterocycles. The zero-order valence-corrected chi connectivity index (χ0v) is 13.1. The van der Waals surface area contributed by atoms with Crippen LogP contribution >= 0.6 is 0 Å². The molecule has 0 aliphatic carbocycles. The van der Waals surface area contributed by atoms with E-state index in [0.717, 1.165) is 28.0 Å². The summed E-state index contributed by atoms with van der Waals surface area (Å²) in [7, 11) is 0. The Labute approximate surface area is 135 Å². The van der Waals surface area contributed by atoms with E-state index < -0.39 is 0 Å². The lowest BCUT2D eigenvalue weighted by Gasteiger charge is -2.13. The van der Waals surface area contributed by atoms with Crippen LogP contribution in [0.3, 0.4) is 0 Å². The molecule has 2 aromatic carbocycles. The van der Waals surface area contributed by atoms with Gasteiger partial charge < -0.3 is 10.1 Å². The van der Waals surface area contributed by atoms with Gasteiger partial charge in [-0.15, -0.1) is 0 Å². The molecule has 0 spiro atoms. The van der Waals surface area contributed by atoms with Crippen LogP contribution < -0.4 is 10.1 Å². The first kappa shape index (κ1) is 14.9. The largest absolute Gasteiger partial charge is 0.494 e. The number of hydrogen-bond acceptors (Lipinski definition) is 4. The molecular weight excluding hydrogens is 286 g/mol. The van der Waals surface area contributed by atoms with Gasteiger partial charge in [0.15, 0.2) is 0 Å². The highest BCUT2D eigenvalue weighted by atomic mass is 16.5. The maximum Gasteiger partial charge on any atom is 0.120 e. The lowest BCUT2D eigenvalue weighted by atomic mass is 10.1. The zero-order chi connectivity index (χ0) is 16.2. The fourth-order valence-electron chi connectivity index (χ4n) is 2.43. The van der Waals surface area contributed by atoms with E-state index in [1.165, 1.54) is 5.56 Å². The van der Waals surface area contributed by atoms with E-state index in [9.17, 15) is 5.26 Å². The molecule has 3 aromatic rings. The number of nitrogens with one attached hydrogen (secondary N) is 1. The Morgan fingerprint density at radius 2 is 1.96 bits per heavy atom. The topological polar surface area (TPSA) is 57.9 Å². The molecule has 23 heavy (non-hydrogen) atoms. The average Bonchev–Trinajstić information content (AvgIpc) is 2.57. The van der Waals surface area contributed by atoms with Gasteiger partial charge in [0.05, 0.1) is 23.4 Å². The lowest BCUT2D eigenvalue weighted by molar-refractivity contribution is 0.340. The SMILES string of the molecule is CCOc1ccc2ncc(C#N)c(Nc3ccc(C)cc3)c2c1. The standard InChI is InChI=1S/C19H17N3O/c1-3-23-16-8-9-18-17(10-16)19(14(11-20)12-21-18)22-15-6-4-13(2)5-7-15/h4-10,12H,3H2,1-2H3,(H,21,22). The number of nitriles is 1. The van der Waals surface area contributed by atoms with E-state index in [0.29, 0.717) is 12.2 Å². The van der Waals surface area contributed by atoms with E-state index in [2.05, 4.69) is 16.4 Å². The minimum absolute atomic E-state index is 0.506. The summed E-state index contributed by atoms with van der Waals surface area (Å²) < 4.78 is 5.57. The Balaban J connectivity index is 2.13. The van der Waals surface area contributed by atoms with Crippen LogP contribution in [-0.2, 0) is 0 Å². The van der Waals surface area contributed by atoms with Crippen molar-refractivity contribution in [1.29, 1.82) is 5.26 Å². The van der Waals surface area contributed by atoms with Crippen LogP contribution in [0.4, 0.5) is 11.4 Å². The van der Waals surface area contributed by atoms with Crippen molar-refractivity contribution >= 4 is 22.3 Å². The number of aromatic nitrogens is 1. The van der Waals surface area contributed by atoms with Gasteiger partial charge in [0, 0.05) is 17.3 Å². The van der Waals surface area contributed by atoms with Gasteiger partial charge in [-0.1, -0.05) is 17.7 Å². The van der Waals surface area contributed by atoms with Crippen molar-refractivity contribution in [3.63, 3.8) is 0 Å². The highest BCUT2D eigenvalue weighted by molar-refractivity contribution is 5.96. The molecular formula is C19H17N3O. The molecule has 0 aliphatic heterocycles. The molecule has 0 saturated heterocycles. The van der Waals surface area contributed by atoms with Gasteiger partial charge in [-0.3, -0.25) is 4.98 Å². The van der Waals surface area contributed by atoms with Gasteiger partial charge in [-0.2, -0.15) is 5.26 Å². The van der Waals surface area contributed by atoms with E-state index in [1.807, 2.05) is 56.3 Å². The van der Waals surface area contributed by atoms with Crippen LogP contribution in [0.5, 0.6) is 5.75 Å². The van der Waals surface area contributed by atoms with Crippen LogP contribution in [0.1, 0.15) is 18.1 Å². The molecule has 114 valence electrons. The van der Waals surface area contributed by atoms with Crippen molar-refractivity contribution in [3.8, 4) is 11.8 Å². The molecule has 0 saturated carbocycles. The van der Waals surface area contributed by atoms with Crippen molar-refractivity contribution < 1.29 is 4.74 Å². The summed E-state index contributed by atoms with van der Waals surface area (Å²) in [5.74, 6) is 0.767. The van der Waals surface area contributed by atoms with Crippen molar-refractivity contribution in [2.75, 3.05) is 11.9 Å². The van der Waals surface area contributed by atoms with Gasteiger partial charge in [-0.05, 0) is 44.2 Å². The number of pyridine rings is 1. The molecule has 4 heteroatoms. The van der Waals surface area contributed by atoms with Crippen molar-refractivity contribution in [1.82, 2.24) is 4.98 Å². The molecule has 3 rings (SSSR count). The van der Waals surface area contributed by atoms with E-state index in [4.69, 9.17) is 4.74 Å². The first-order chi connectivity index (χ1) is 11.2. The number of nitrogens with zero attached hydrogens (tertiary/aromatic N) is 2. The number of anilines is 2. The summed E-state index contributed by atoms with van der Waals surface area (Å²) in [6.45, 7) is 4.58. The van der Waals surface area contributed by atoms with Crippen molar-refractivity contribution in [2.24, 2.45) is 0 Å². The van der Waals surface area contributed by atoms with Crippen molar-refractivity contribution in [2.45, 2.75) is 13.8 Å². The molecule has 0 atom stereocenters. The molecule has 4 nitrogen and oxygen atoms in total. The van der Waals surface area contributed by atoms with Gasteiger partial charge >= 0.3 is 0 Å². The molecule has 0 radical (unpaired) electrons. The van der Waals surface area contributed by atoms with Crippen LogP contribution in [0.2, 0.25) is 0 Å². The first-order valence-electron chi connectivity index (χ1n) is 7.50. The summed E-state index contributed by atoms with van der Waals surface area (Å²) in [6.07, 6.45) is 1.60. The van der Waals surface area contributed by atoms with E-state index in [-0.39, 0.29) is 0 Å². The summed E-state index contributed by atoms with van der Waals surface area (Å²) in [5, 5.41) is 13.6. The van der Waals surface area contributed by atoms with Crippen LogP contribution in [-0.4, -0.2) is 11.6 Å². The molecule has 0 unspecified atom stereocenters.